The molecule has 2 aromatic rings. The van der Waals surface area contributed by atoms with Crippen molar-refractivity contribution in [2.24, 2.45) is 0 Å². The Labute approximate surface area is 103 Å². The van der Waals surface area contributed by atoms with Crippen LogP contribution in [0.3, 0.4) is 0 Å². The third-order valence-electron chi connectivity index (χ3n) is 2.63. The summed E-state index contributed by atoms with van der Waals surface area (Å²) < 4.78 is 8.18. The molecule has 2 aromatic heterocycles. The van der Waals surface area contributed by atoms with Crippen LogP contribution in [0.5, 0.6) is 0 Å². The van der Waals surface area contributed by atoms with Crippen molar-refractivity contribution in [1.29, 1.82) is 0 Å². The number of aromatic nitrogens is 2. The molecule has 0 spiro atoms. The normalized spacial score (nSPS) is 11.1. The van der Waals surface area contributed by atoms with E-state index in [0.717, 1.165) is 0 Å². The van der Waals surface area contributed by atoms with Gasteiger partial charge in [-0.15, -0.1) is 0 Å². The first kappa shape index (κ1) is 12.2. The number of carboxylic acid groups (broad SMARTS) is 1. The van der Waals surface area contributed by atoms with E-state index in [2.05, 4.69) is 0 Å². The second-order valence-electron chi connectivity index (χ2n) is 4.28. The average molecular weight is 250 g/mol. The fourth-order valence-corrected chi connectivity index (χ4v) is 1.69. The second kappa shape index (κ2) is 4.56. The van der Waals surface area contributed by atoms with E-state index >= 15 is 0 Å². The fraction of sp³-hybridized carbons (Fsp3) is 0.333. The van der Waals surface area contributed by atoms with Crippen molar-refractivity contribution in [2.75, 3.05) is 0 Å². The Kier molecular flexibility index (Phi) is 3.10. The van der Waals surface area contributed by atoms with Crippen molar-refractivity contribution >= 4 is 5.97 Å². The van der Waals surface area contributed by atoms with Gasteiger partial charge in [0.1, 0.15) is 5.76 Å². The van der Waals surface area contributed by atoms with Crippen molar-refractivity contribution in [1.82, 2.24) is 9.13 Å². The summed E-state index contributed by atoms with van der Waals surface area (Å²) >= 11 is 0. The maximum Gasteiger partial charge on any atom is 0.371 e. The second-order valence-corrected chi connectivity index (χ2v) is 4.28. The number of imidazole rings is 1. The number of carboxylic acids is 1. The molecule has 0 aliphatic heterocycles. The van der Waals surface area contributed by atoms with Crippen molar-refractivity contribution in [3.8, 4) is 0 Å². The molecular weight excluding hydrogens is 236 g/mol. The number of hydrogen-bond donors (Lipinski definition) is 1. The summed E-state index contributed by atoms with van der Waals surface area (Å²) in [7, 11) is 0. The first-order valence-corrected chi connectivity index (χ1v) is 5.58. The lowest BCUT2D eigenvalue weighted by Crippen LogP contribution is -2.25. The lowest BCUT2D eigenvalue weighted by atomic mass is 10.4. The van der Waals surface area contributed by atoms with Gasteiger partial charge in [0.15, 0.2) is 0 Å². The number of aromatic carboxylic acids is 1. The number of nitrogens with zero attached hydrogens (tertiary/aromatic N) is 2. The number of furan rings is 1. The lowest BCUT2D eigenvalue weighted by molar-refractivity contribution is 0.0660. The predicted octanol–water partition coefficient (Wildman–Crippen LogP) is 1.57. The third kappa shape index (κ3) is 2.22. The van der Waals surface area contributed by atoms with Crippen LogP contribution in [0.25, 0.3) is 0 Å². The Morgan fingerprint density at radius 2 is 2.11 bits per heavy atom. The molecule has 0 saturated heterocycles. The molecule has 6 nitrogen and oxygen atoms in total. The highest BCUT2D eigenvalue weighted by atomic mass is 16.4. The van der Waals surface area contributed by atoms with E-state index in [1.54, 1.807) is 23.0 Å². The zero-order valence-electron chi connectivity index (χ0n) is 10.2. The van der Waals surface area contributed by atoms with E-state index in [-0.39, 0.29) is 24.0 Å². The molecule has 1 N–H and O–H groups in total. The van der Waals surface area contributed by atoms with Crippen LogP contribution >= 0.6 is 0 Å². The minimum Gasteiger partial charge on any atom is -0.475 e. The minimum atomic E-state index is -1.12. The van der Waals surface area contributed by atoms with E-state index in [0.29, 0.717) is 5.76 Å². The quantitative estimate of drug-likeness (QED) is 0.893. The Morgan fingerprint density at radius 1 is 1.39 bits per heavy atom. The zero-order chi connectivity index (χ0) is 13.3. The topological polar surface area (TPSA) is 77.4 Å². The van der Waals surface area contributed by atoms with Crippen molar-refractivity contribution < 1.29 is 14.3 Å². The summed E-state index contributed by atoms with van der Waals surface area (Å²) in [6.45, 7) is 4.06. The standard InChI is InChI=1S/C12H14N2O4/c1-8(2)14-6-5-13(12(14)17)7-9-3-4-10(18-9)11(15)16/h3-6,8H,7H2,1-2H3,(H,15,16). The highest BCUT2D eigenvalue weighted by Crippen LogP contribution is 2.09. The van der Waals surface area contributed by atoms with Crippen LogP contribution in [0.2, 0.25) is 0 Å². The van der Waals surface area contributed by atoms with Crippen molar-refractivity contribution in [3.63, 3.8) is 0 Å². The Hall–Kier alpha value is -2.24. The highest BCUT2D eigenvalue weighted by molar-refractivity contribution is 5.84. The summed E-state index contributed by atoms with van der Waals surface area (Å²) in [5.74, 6) is -0.800. The zero-order valence-corrected chi connectivity index (χ0v) is 10.2. The van der Waals surface area contributed by atoms with Crippen LogP contribution in [-0.2, 0) is 6.54 Å². The monoisotopic (exact) mass is 250 g/mol. The van der Waals surface area contributed by atoms with Crippen LogP contribution in [0.4, 0.5) is 0 Å². The lowest BCUT2D eigenvalue weighted by Gasteiger charge is -2.04. The highest BCUT2D eigenvalue weighted by Gasteiger charge is 2.11. The van der Waals surface area contributed by atoms with E-state index < -0.39 is 5.97 Å². The molecule has 0 bridgehead atoms. The van der Waals surface area contributed by atoms with Crippen LogP contribution in [0.15, 0.2) is 33.7 Å². The average Bonchev–Trinajstić information content (AvgIpc) is 2.87. The van der Waals surface area contributed by atoms with Gasteiger partial charge >= 0.3 is 11.7 Å². The smallest absolute Gasteiger partial charge is 0.371 e. The van der Waals surface area contributed by atoms with Gasteiger partial charge in [0.25, 0.3) is 0 Å². The van der Waals surface area contributed by atoms with E-state index in [1.165, 1.54) is 10.6 Å². The van der Waals surface area contributed by atoms with E-state index in [4.69, 9.17) is 9.52 Å². The number of rotatable bonds is 4. The van der Waals surface area contributed by atoms with Gasteiger partial charge in [-0.05, 0) is 26.0 Å². The summed E-state index contributed by atoms with van der Waals surface area (Å²) in [5, 5.41) is 8.73. The van der Waals surface area contributed by atoms with Gasteiger partial charge in [0.2, 0.25) is 5.76 Å². The summed E-state index contributed by atoms with van der Waals surface area (Å²) in [6, 6.07) is 3.02. The molecule has 0 aliphatic carbocycles. The molecule has 18 heavy (non-hydrogen) atoms. The van der Waals surface area contributed by atoms with Gasteiger partial charge in [0.05, 0.1) is 6.54 Å². The summed E-state index contributed by atoms with van der Waals surface area (Å²) in [5.41, 5.74) is -0.140. The first-order chi connectivity index (χ1) is 8.49. The van der Waals surface area contributed by atoms with Gasteiger partial charge in [0, 0.05) is 18.4 Å². The maximum absolute atomic E-state index is 11.9. The van der Waals surface area contributed by atoms with Crippen LogP contribution in [0, 0.1) is 0 Å². The molecule has 0 aromatic carbocycles. The van der Waals surface area contributed by atoms with Gasteiger partial charge in [-0.3, -0.25) is 9.13 Å². The molecule has 2 heterocycles. The predicted molar refractivity (Wildman–Crippen MR) is 63.8 cm³/mol. The van der Waals surface area contributed by atoms with Gasteiger partial charge in [-0.1, -0.05) is 0 Å². The molecule has 0 radical (unpaired) electrons. The molecule has 2 rings (SSSR count). The van der Waals surface area contributed by atoms with Gasteiger partial charge in [-0.25, -0.2) is 9.59 Å². The SMILES string of the molecule is CC(C)n1ccn(Cc2ccc(C(=O)O)o2)c1=O. The Balaban J connectivity index is 2.23. The van der Waals surface area contributed by atoms with Gasteiger partial charge < -0.3 is 9.52 Å². The molecule has 0 atom stereocenters. The van der Waals surface area contributed by atoms with Crippen molar-refractivity contribution in [3.05, 3.63) is 46.5 Å². The van der Waals surface area contributed by atoms with E-state index in [1.807, 2.05) is 13.8 Å². The van der Waals surface area contributed by atoms with Gasteiger partial charge in [-0.2, -0.15) is 0 Å². The van der Waals surface area contributed by atoms with E-state index in [9.17, 15) is 9.59 Å². The van der Waals surface area contributed by atoms with Crippen LogP contribution < -0.4 is 5.69 Å². The molecule has 0 saturated carbocycles. The molecule has 96 valence electrons. The molecule has 0 unspecified atom stereocenters. The first-order valence-electron chi connectivity index (χ1n) is 5.58. The fourth-order valence-electron chi connectivity index (χ4n) is 1.69. The summed E-state index contributed by atoms with van der Waals surface area (Å²) in [4.78, 5) is 22.6. The Morgan fingerprint density at radius 3 is 2.61 bits per heavy atom. The molecule has 0 aliphatic rings. The van der Waals surface area contributed by atoms with Crippen LogP contribution in [0.1, 0.15) is 36.2 Å². The van der Waals surface area contributed by atoms with Crippen molar-refractivity contribution in [2.45, 2.75) is 26.4 Å². The largest absolute Gasteiger partial charge is 0.475 e. The minimum absolute atomic E-state index is 0.0879. The molecule has 0 amide bonds. The Bertz CT molecular complexity index is 618. The number of hydrogen-bond acceptors (Lipinski definition) is 3. The molecular formula is C12H14N2O4. The summed E-state index contributed by atoms with van der Waals surface area (Å²) in [6.07, 6.45) is 3.36. The molecule has 0 fully saturated rings. The van der Waals surface area contributed by atoms with Crippen LogP contribution in [-0.4, -0.2) is 20.2 Å². The molecule has 6 heteroatoms. The maximum atomic E-state index is 11.9. The number of carbonyl (C=O) groups is 1. The third-order valence-corrected chi connectivity index (χ3v) is 2.63.